The number of allylic oxidation sites excluding steroid dienone is 2. The molecule has 0 spiro atoms. The summed E-state index contributed by atoms with van der Waals surface area (Å²) in [5, 5.41) is 4.08. The van der Waals surface area contributed by atoms with Gasteiger partial charge < -0.3 is 5.73 Å². The summed E-state index contributed by atoms with van der Waals surface area (Å²) in [6, 6.07) is -0.579. The molecule has 0 heterocycles. The number of primary amides is 1. The van der Waals surface area contributed by atoms with Gasteiger partial charge in [-0.3, -0.25) is 0 Å². The van der Waals surface area contributed by atoms with E-state index in [0.717, 1.165) is 25.0 Å². The highest BCUT2D eigenvalue weighted by Crippen LogP contribution is 2.34. The predicted molar refractivity (Wildman–Crippen MR) is 59.5 cm³/mol. The van der Waals surface area contributed by atoms with Crippen LogP contribution in [0.5, 0.6) is 0 Å². The molecule has 0 bridgehead atoms. The molecular weight excluding hydrogens is 190 g/mol. The molecule has 0 unspecified atom stereocenters. The number of nitrogens with one attached hydrogen (secondary N) is 1. The maximum absolute atomic E-state index is 10.6. The topological polar surface area (TPSA) is 67.5 Å². The van der Waals surface area contributed by atoms with E-state index >= 15 is 0 Å². The third-order valence-electron chi connectivity index (χ3n) is 3.15. The van der Waals surface area contributed by atoms with Gasteiger partial charge in [0.25, 0.3) is 0 Å². The molecule has 15 heavy (non-hydrogen) atoms. The zero-order chi connectivity index (χ0) is 10.7. The Hall–Kier alpha value is -1.32. The molecule has 0 atom stereocenters. The van der Waals surface area contributed by atoms with Crippen LogP contribution in [0, 0.1) is 0 Å². The van der Waals surface area contributed by atoms with Crippen LogP contribution in [0.2, 0.25) is 0 Å². The largest absolute Gasteiger partial charge is 0.350 e. The fourth-order valence-corrected chi connectivity index (χ4v) is 2.43. The fourth-order valence-electron chi connectivity index (χ4n) is 2.43. The zero-order valence-electron chi connectivity index (χ0n) is 8.88. The second kappa shape index (κ2) is 4.47. The summed E-state index contributed by atoms with van der Waals surface area (Å²) in [4.78, 5) is 10.6. The SMILES string of the molecule is NC(=O)N/N=C1\CCC2=C1CCCCC2. The first-order valence-corrected chi connectivity index (χ1v) is 5.60. The molecule has 0 saturated carbocycles. The molecule has 0 aliphatic heterocycles. The molecule has 82 valence electrons. The van der Waals surface area contributed by atoms with Crippen molar-refractivity contribution in [2.24, 2.45) is 10.8 Å². The second-order valence-corrected chi connectivity index (χ2v) is 4.18. The lowest BCUT2D eigenvalue weighted by atomic mass is 10.1. The van der Waals surface area contributed by atoms with Crippen LogP contribution in [-0.4, -0.2) is 11.7 Å². The van der Waals surface area contributed by atoms with Crippen molar-refractivity contribution in [2.45, 2.75) is 44.9 Å². The minimum absolute atomic E-state index is 0.579. The summed E-state index contributed by atoms with van der Waals surface area (Å²) in [5.74, 6) is 0. The highest BCUT2D eigenvalue weighted by molar-refractivity contribution is 6.03. The van der Waals surface area contributed by atoms with Gasteiger partial charge in [0, 0.05) is 0 Å². The fraction of sp³-hybridized carbons (Fsp3) is 0.636. The number of carbonyl (C=O) groups is 1. The van der Waals surface area contributed by atoms with Crippen LogP contribution < -0.4 is 11.2 Å². The van der Waals surface area contributed by atoms with E-state index in [1.807, 2.05) is 0 Å². The number of hydrazone groups is 1. The smallest absolute Gasteiger partial charge is 0.332 e. The van der Waals surface area contributed by atoms with Gasteiger partial charge in [0.1, 0.15) is 0 Å². The summed E-state index contributed by atoms with van der Waals surface area (Å²) in [5.41, 5.74) is 11.3. The molecule has 0 aromatic carbocycles. The van der Waals surface area contributed by atoms with E-state index in [2.05, 4.69) is 10.5 Å². The van der Waals surface area contributed by atoms with Crippen molar-refractivity contribution >= 4 is 11.7 Å². The van der Waals surface area contributed by atoms with E-state index in [1.165, 1.54) is 31.3 Å². The average molecular weight is 207 g/mol. The molecule has 0 aromatic rings. The third-order valence-corrected chi connectivity index (χ3v) is 3.15. The van der Waals surface area contributed by atoms with Gasteiger partial charge in [-0.05, 0) is 44.1 Å². The van der Waals surface area contributed by atoms with E-state index in [4.69, 9.17) is 5.73 Å². The molecule has 0 aromatic heterocycles. The Morgan fingerprint density at radius 2 is 1.93 bits per heavy atom. The summed E-state index contributed by atoms with van der Waals surface area (Å²) in [7, 11) is 0. The van der Waals surface area contributed by atoms with Gasteiger partial charge in [-0.1, -0.05) is 12.0 Å². The third kappa shape index (κ3) is 2.37. The van der Waals surface area contributed by atoms with Crippen molar-refractivity contribution in [2.75, 3.05) is 0 Å². The number of urea groups is 1. The van der Waals surface area contributed by atoms with Crippen molar-refractivity contribution in [1.82, 2.24) is 5.43 Å². The van der Waals surface area contributed by atoms with Gasteiger partial charge in [0.2, 0.25) is 0 Å². The summed E-state index contributed by atoms with van der Waals surface area (Å²) in [6.45, 7) is 0. The summed E-state index contributed by atoms with van der Waals surface area (Å²) >= 11 is 0. The summed E-state index contributed by atoms with van der Waals surface area (Å²) in [6.07, 6.45) is 8.27. The van der Waals surface area contributed by atoms with E-state index < -0.39 is 6.03 Å². The molecule has 2 aliphatic rings. The molecule has 0 fully saturated rings. The molecule has 4 nitrogen and oxygen atoms in total. The van der Waals surface area contributed by atoms with Crippen molar-refractivity contribution in [1.29, 1.82) is 0 Å². The average Bonchev–Trinajstić information content (AvgIpc) is 2.44. The highest BCUT2D eigenvalue weighted by Gasteiger charge is 2.22. The first kappa shape index (κ1) is 10.2. The molecule has 3 N–H and O–H groups in total. The number of nitrogens with zero attached hydrogens (tertiary/aromatic N) is 1. The van der Waals surface area contributed by atoms with Crippen LogP contribution in [-0.2, 0) is 0 Å². The van der Waals surface area contributed by atoms with Crippen LogP contribution in [0.1, 0.15) is 44.9 Å². The van der Waals surface area contributed by atoms with E-state index in [0.29, 0.717) is 0 Å². The van der Waals surface area contributed by atoms with Crippen molar-refractivity contribution < 1.29 is 4.79 Å². The van der Waals surface area contributed by atoms with Gasteiger partial charge in [-0.15, -0.1) is 0 Å². The molecule has 4 heteroatoms. The van der Waals surface area contributed by atoms with Crippen LogP contribution >= 0.6 is 0 Å². The van der Waals surface area contributed by atoms with Crippen LogP contribution in [0.4, 0.5) is 4.79 Å². The van der Waals surface area contributed by atoms with E-state index in [9.17, 15) is 4.79 Å². The first-order valence-electron chi connectivity index (χ1n) is 5.60. The van der Waals surface area contributed by atoms with Crippen molar-refractivity contribution in [3.05, 3.63) is 11.1 Å². The lowest BCUT2D eigenvalue weighted by Gasteiger charge is -2.03. The standard InChI is InChI=1S/C11H17N3O/c12-11(15)14-13-10-7-6-8-4-2-1-3-5-9(8)10/h1-7H2,(H3,12,14,15)/b13-10+. The Morgan fingerprint density at radius 1 is 1.13 bits per heavy atom. The lowest BCUT2D eigenvalue weighted by molar-refractivity contribution is 0.249. The Labute approximate surface area is 89.6 Å². The zero-order valence-corrected chi connectivity index (χ0v) is 8.88. The van der Waals surface area contributed by atoms with Crippen molar-refractivity contribution in [3.63, 3.8) is 0 Å². The molecular formula is C11H17N3O. The number of hydrogen-bond donors (Lipinski definition) is 2. The normalized spacial score (nSPS) is 23.9. The second-order valence-electron chi connectivity index (χ2n) is 4.18. The van der Waals surface area contributed by atoms with Gasteiger partial charge in [-0.25, -0.2) is 10.2 Å². The maximum Gasteiger partial charge on any atom is 0.332 e. The quantitative estimate of drug-likeness (QED) is 0.635. The minimum Gasteiger partial charge on any atom is -0.350 e. The number of carbonyl (C=O) groups excluding carboxylic acids is 1. The Balaban J connectivity index is 2.11. The van der Waals surface area contributed by atoms with Gasteiger partial charge in [-0.2, -0.15) is 5.10 Å². The van der Waals surface area contributed by atoms with Crippen LogP contribution in [0.15, 0.2) is 16.2 Å². The van der Waals surface area contributed by atoms with Crippen LogP contribution in [0.25, 0.3) is 0 Å². The predicted octanol–water partition coefficient (Wildman–Crippen LogP) is 2.07. The van der Waals surface area contributed by atoms with Gasteiger partial charge in [0.05, 0.1) is 5.71 Å². The molecule has 0 saturated heterocycles. The summed E-state index contributed by atoms with van der Waals surface area (Å²) < 4.78 is 0. The van der Waals surface area contributed by atoms with E-state index in [-0.39, 0.29) is 0 Å². The lowest BCUT2D eigenvalue weighted by Crippen LogP contribution is -2.25. The van der Waals surface area contributed by atoms with Gasteiger partial charge in [0.15, 0.2) is 0 Å². The minimum atomic E-state index is -0.579. The van der Waals surface area contributed by atoms with Crippen molar-refractivity contribution in [3.8, 4) is 0 Å². The Kier molecular flexibility index (Phi) is 3.04. The maximum atomic E-state index is 10.6. The highest BCUT2D eigenvalue weighted by atomic mass is 16.2. The molecule has 2 amide bonds. The number of hydrogen-bond acceptors (Lipinski definition) is 2. The number of amides is 2. The Bertz CT molecular complexity index is 331. The monoisotopic (exact) mass is 207 g/mol. The van der Waals surface area contributed by atoms with E-state index in [1.54, 1.807) is 5.57 Å². The Morgan fingerprint density at radius 3 is 2.73 bits per heavy atom. The number of rotatable bonds is 1. The molecule has 2 aliphatic carbocycles. The molecule has 2 rings (SSSR count). The van der Waals surface area contributed by atoms with Crippen LogP contribution in [0.3, 0.4) is 0 Å². The number of nitrogens with two attached hydrogens (primary N) is 1. The van der Waals surface area contributed by atoms with Gasteiger partial charge >= 0.3 is 6.03 Å². The first-order chi connectivity index (χ1) is 7.27. The molecule has 0 radical (unpaired) electrons.